The van der Waals surface area contributed by atoms with Gasteiger partial charge in [-0.05, 0) is 36.4 Å². The van der Waals surface area contributed by atoms with E-state index in [2.05, 4.69) is 9.97 Å². The third kappa shape index (κ3) is 6.20. The van der Waals surface area contributed by atoms with Gasteiger partial charge in [0.1, 0.15) is 0 Å². The largest absolute Gasteiger partial charge is 0.393 e. The number of amides is 2. The summed E-state index contributed by atoms with van der Waals surface area (Å²) in [5, 5.41) is 3.57. The monoisotopic (exact) mass is 742 g/mol. The maximum Gasteiger partial charge on any atom is 0.393 e. The van der Waals surface area contributed by atoms with Crippen molar-refractivity contribution in [3.05, 3.63) is 67.2 Å². The quantitative estimate of drug-likeness (QED) is 0.167. The molecule has 2 aromatic carbocycles. The van der Waals surface area contributed by atoms with Gasteiger partial charge in [0.15, 0.2) is 10.3 Å². The fraction of sp³-hybridized carbons (Fsp3) is 0.167. The first kappa shape index (κ1) is 34.1. The average molecular weight is 744 g/mol. The molecular formula is C24H10Cl4F8N4O2S2. The summed E-state index contributed by atoms with van der Waals surface area (Å²) < 4.78 is 116. The van der Waals surface area contributed by atoms with E-state index < -0.39 is 45.8 Å². The highest BCUT2D eigenvalue weighted by Crippen LogP contribution is 2.53. The molecule has 0 saturated carbocycles. The van der Waals surface area contributed by atoms with Gasteiger partial charge in [-0.3, -0.25) is 20.2 Å². The van der Waals surface area contributed by atoms with E-state index in [-0.39, 0.29) is 42.6 Å². The third-order valence-electron chi connectivity index (χ3n) is 5.62. The molecule has 234 valence electrons. The van der Waals surface area contributed by atoms with Crippen LogP contribution in [0.4, 0.5) is 45.4 Å². The second-order valence-corrected chi connectivity index (χ2v) is 11.9. The van der Waals surface area contributed by atoms with E-state index in [0.29, 0.717) is 22.7 Å². The number of carbonyl (C=O) groups is 2. The van der Waals surface area contributed by atoms with E-state index in [1.165, 1.54) is 47.0 Å². The molecule has 2 aromatic heterocycles. The standard InChI is InChI=1S/C24H10Cl4F8N4O2S2/c25-9-1-3-11(13(27)5-9)15-7-43-19(37-15)39-17(41)21(29,30)23(33,34)24(35,36)22(31,32)18(42)40-20-38-16(8-44-20)12-4-2-10(26)6-14(12)28/h1-8H,(H,37,39,41)(H,38,40,42). The van der Waals surface area contributed by atoms with Crippen molar-refractivity contribution in [1.82, 2.24) is 9.97 Å². The van der Waals surface area contributed by atoms with E-state index in [9.17, 15) is 44.7 Å². The fourth-order valence-electron chi connectivity index (χ4n) is 3.33. The van der Waals surface area contributed by atoms with Crippen molar-refractivity contribution >= 4 is 91.2 Å². The number of thiazole rings is 2. The minimum absolute atomic E-state index is 0.0282. The molecule has 2 heterocycles. The van der Waals surface area contributed by atoms with Crippen LogP contribution in [0.5, 0.6) is 0 Å². The van der Waals surface area contributed by atoms with Gasteiger partial charge in [-0.2, -0.15) is 35.1 Å². The van der Waals surface area contributed by atoms with E-state index in [1.54, 1.807) is 0 Å². The summed E-state index contributed by atoms with van der Waals surface area (Å²) >= 11 is 24.3. The molecule has 0 fully saturated rings. The van der Waals surface area contributed by atoms with Crippen LogP contribution in [-0.4, -0.2) is 45.5 Å². The molecule has 0 radical (unpaired) electrons. The fourth-order valence-corrected chi connectivity index (χ4v) is 5.76. The number of aromatic nitrogens is 2. The van der Waals surface area contributed by atoms with Crippen molar-refractivity contribution in [2.45, 2.75) is 23.7 Å². The molecule has 0 aliphatic rings. The average Bonchev–Trinajstić information content (AvgIpc) is 3.58. The highest BCUT2D eigenvalue weighted by Gasteiger charge is 2.84. The Kier molecular flexibility index (Phi) is 9.47. The van der Waals surface area contributed by atoms with Crippen LogP contribution in [-0.2, 0) is 9.59 Å². The molecule has 6 nitrogen and oxygen atoms in total. The molecule has 0 unspecified atom stereocenters. The molecule has 20 heteroatoms. The van der Waals surface area contributed by atoms with Gasteiger partial charge in [0.2, 0.25) is 0 Å². The van der Waals surface area contributed by atoms with Gasteiger partial charge >= 0.3 is 35.5 Å². The van der Waals surface area contributed by atoms with Crippen LogP contribution in [0, 0.1) is 0 Å². The Labute approximate surface area is 268 Å². The summed E-state index contributed by atoms with van der Waals surface area (Å²) in [4.78, 5) is 31.4. The Bertz CT molecular complexity index is 1630. The van der Waals surface area contributed by atoms with Crippen LogP contribution in [0.1, 0.15) is 0 Å². The number of carbonyl (C=O) groups excluding carboxylic acids is 2. The van der Waals surface area contributed by atoms with Crippen molar-refractivity contribution in [1.29, 1.82) is 0 Å². The lowest BCUT2D eigenvalue weighted by atomic mass is 9.97. The second kappa shape index (κ2) is 12.2. The number of nitrogens with one attached hydrogen (secondary N) is 2. The minimum atomic E-state index is -7.10. The molecule has 4 aromatic rings. The number of halogens is 12. The maximum absolute atomic E-state index is 14.5. The normalized spacial score (nSPS) is 12.7. The molecule has 0 aliphatic carbocycles. The molecule has 0 spiro atoms. The SMILES string of the molecule is O=C(Nc1nc(-c2ccc(Cl)cc2Cl)cs1)C(F)(F)C(F)(F)C(F)(F)C(F)(F)C(=O)Nc1nc(-c2ccc(Cl)cc2Cl)cs1. The first-order valence-electron chi connectivity index (χ1n) is 11.3. The second-order valence-electron chi connectivity index (χ2n) is 8.53. The Hall–Kier alpha value is -2.76. The molecule has 0 bridgehead atoms. The van der Waals surface area contributed by atoms with Crippen molar-refractivity contribution in [3.63, 3.8) is 0 Å². The summed E-state index contributed by atoms with van der Waals surface area (Å²) in [6.07, 6.45) is 0. The van der Waals surface area contributed by atoms with Gasteiger partial charge in [0.05, 0.1) is 21.4 Å². The zero-order chi connectivity index (χ0) is 32.8. The topological polar surface area (TPSA) is 84.0 Å². The van der Waals surface area contributed by atoms with Crippen LogP contribution >= 0.6 is 69.1 Å². The smallest absolute Gasteiger partial charge is 0.296 e. The number of benzene rings is 2. The van der Waals surface area contributed by atoms with Crippen molar-refractivity contribution in [3.8, 4) is 22.5 Å². The highest BCUT2D eigenvalue weighted by atomic mass is 35.5. The molecule has 0 atom stereocenters. The molecular weight excluding hydrogens is 734 g/mol. The van der Waals surface area contributed by atoms with Gasteiger partial charge in [0, 0.05) is 31.9 Å². The number of hydrogen-bond acceptors (Lipinski definition) is 6. The lowest BCUT2D eigenvalue weighted by Crippen LogP contribution is -2.67. The summed E-state index contributed by atoms with van der Waals surface area (Å²) in [5.41, 5.74) is 0.231. The van der Waals surface area contributed by atoms with Crippen LogP contribution in [0.15, 0.2) is 47.2 Å². The van der Waals surface area contributed by atoms with E-state index >= 15 is 0 Å². The summed E-state index contributed by atoms with van der Waals surface area (Å²) in [6, 6.07) is 8.01. The number of hydrogen-bond donors (Lipinski definition) is 2. The number of alkyl halides is 8. The molecule has 0 aliphatic heterocycles. The third-order valence-corrected chi connectivity index (χ3v) is 8.23. The van der Waals surface area contributed by atoms with Gasteiger partial charge < -0.3 is 0 Å². The van der Waals surface area contributed by atoms with Gasteiger partial charge in [-0.15, -0.1) is 22.7 Å². The van der Waals surface area contributed by atoms with Gasteiger partial charge in [0.25, 0.3) is 0 Å². The van der Waals surface area contributed by atoms with Crippen molar-refractivity contribution in [2.24, 2.45) is 0 Å². The summed E-state index contributed by atoms with van der Waals surface area (Å²) in [6.45, 7) is 0. The van der Waals surface area contributed by atoms with Crippen LogP contribution < -0.4 is 10.6 Å². The molecule has 44 heavy (non-hydrogen) atoms. The summed E-state index contributed by atoms with van der Waals surface area (Å²) in [5.74, 6) is -33.4. The number of rotatable bonds is 9. The predicted molar refractivity (Wildman–Crippen MR) is 152 cm³/mol. The van der Waals surface area contributed by atoms with Crippen LogP contribution in [0.2, 0.25) is 20.1 Å². The lowest BCUT2D eigenvalue weighted by molar-refractivity contribution is -0.345. The van der Waals surface area contributed by atoms with E-state index in [0.717, 1.165) is 10.8 Å². The van der Waals surface area contributed by atoms with E-state index in [4.69, 9.17) is 46.4 Å². The zero-order valence-electron chi connectivity index (χ0n) is 20.7. The Morgan fingerprint density at radius 2 is 0.955 bits per heavy atom. The molecule has 2 N–H and O–H groups in total. The Morgan fingerprint density at radius 1 is 0.614 bits per heavy atom. The van der Waals surface area contributed by atoms with Crippen molar-refractivity contribution in [2.75, 3.05) is 10.6 Å². The summed E-state index contributed by atoms with van der Waals surface area (Å²) in [7, 11) is 0. The molecule has 2 amide bonds. The Balaban J connectivity index is 1.52. The zero-order valence-corrected chi connectivity index (χ0v) is 25.3. The molecule has 0 saturated heterocycles. The first-order chi connectivity index (χ1) is 20.3. The first-order valence-corrected chi connectivity index (χ1v) is 14.5. The number of nitrogens with zero attached hydrogens (tertiary/aromatic N) is 2. The van der Waals surface area contributed by atoms with E-state index in [1.807, 2.05) is 0 Å². The minimum Gasteiger partial charge on any atom is -0.296 e. The highest BCUT2D eigenvalue weighted by molar-refractivity contribution is 7.14. The van der Waals surface area contributed by atoms with Crippen molar-refractivity contribution < 1.29 is 44.7 Å². The maximum atomic E-state index is 14.5. The predicted octanol–water partition coefficient (Wildman–Crippen LogP) is 9.67. The van der Waals surface area contributed by atoms with Gasteiger partial charge in [-0.1, -0.05) is 46.4 Å². The van der Waals surface area contributed by atoms with Gasteiger partial charge in [-0.25, -0.2) is 9.97 Å². The molecule has 4 rings (SSSR count). The Morgan fingerprint density at radius 3 is 1.27 bits per heavy atom. The lowest BCUT2D eigenvalue weighted by Gasteiger charge is -2.35. The van der Waals surface area contributed by atoms with Crippen LogP contribution in [0.3, 0.4) is 0 Å². The number of anilines is 2. The van der Waals surface area contributed by atoms with Crippen LogP contribution in [0.25, 0.3) is 22.5 Å².